The summed E-state index contributed by atoms with van der Waals surface area (Å²) < 4.78 is 0. The molecule has 19 heavy (non-hydrogen) atoms. The van der Waals surface area contributed by atoms with Crippen molar-refractivity contribution in [3.8, 4) is 0 Å². The highest BCUT2D eigenvalue weighted by molar-refractivity contribution is 6.01. The molecule has 5 heteroatoms. The first-order valence-corrected chi connectivity index (χ1v) is 7.28. The molecule has 1 unspecified atom stereocenters. The van der Waals surface area contributed by atoms with E-state index in [1.54, 1.807) is 0 Å². The Bertz CT molecular complexity index is 362. The maximum absolute atomic E-state index is 11.8. The van der Waals surface area contributed by atoms with Crippen molar-refractivity contribution in [2.24, 2.45) is 5.92 Å². The van der Waals surface area contributed by atoms with Crippen molar-refractivity contribution in [2.45, 2.75) is 63.8 Å². The van der Waals surface area contributed by atoms with Gasteiger partial charge >= 0.3 is 0 Å². The van der Waals surface area contributed by atoms with Gasteiger partial charge in [-0.05, 0) is 18.8 Å². The molecule has 2 N–H and O–H groups in total. The highest BCUT2D eigenvalue weighted by atomic mass is 16.2. The van der Waals surface area contributed by atoms with Crippen molar-refractivity contribution in [1.82, 2.24) is 10.6 Å². The molecule has 1 aliphatic heterocycles. The molecule has 1 saturated carbocycles. The van der Waals surface area contributed by atoms with Crippen LogP contribution in [-0.2, 0) is 14.4 Å². The van der Waals surface area contributed by atoms with Gasteiger partial charge in [-0.3, -0.25) is 19.7 Å². The van der Waals surface area contributed by atoms with Gasteiger partial charge in [0.15, 0.2) is 0 Å². The molecule has 0 aromatic heterocycles. The van der Waals surface area contributed by atoms with E-state index in [2.05, 4.69) is 10.6 Å². The van der Waals surface area contributed by atoms with Gasteiger partial charge in [-0.15, -0.1) is 0 Å². The minimum atomic E-state index is -0.531. The van der Waals surface area contributed by atoms with Gasteiger partial charge in [0, 0.05) is 12.8 Å². The Hall–Kier alpha value is -1.39. The van der Waals surface area contributed by atoms with E-state index < -0.39 is 6.04 Å². The number of nitrogens with one attached hydrogen (secondary N) is 2. The quantitative estimate of drug-likeness (QED) is 0.752. The van der Waals surface area contributed by atoms with E-state index in [0.717, 1.165) is 6.42 Å². The van der Waals surface area contributed by atoms with E-state index in [1.807, 2.05) is 0 Å². The van der Waals surface area contributed by atoms with E-state index in [4.69, 9.17) is 0 Å². The van der Waals surface area contributed by atoms with Crippen LogP contribution in [0.1, 0.15) is 57.8 Å². The molecule has 0 aromatic rings. The first kappa shape index (κ1) is 14.0. The Kier molecular flexibility index (Phi) is 4.93. The van der Waals surface area contributed by atoms with Crippen molar-refractivity contribution in [2.75, 3.05) is 0 Å². The fourth-order valence-corrected chi connectivity index (χ4v) is 2.91. The van der Waals surface area contributed by atoms with E-state index in [1.165, 1.54) is 32.1 Å². The number of carbonyl (C=O) groups is 3. The maximum Gasteiger partial charge on any atom is 0.249 e. The Morgan fingerprint density at radius 3 is 2.58 bits per heavy atom. The number of hydrogen-bond donors (Lipinski definition) is 2. The second-order valence-corrected chi connectivity index (χ2v) is 5.61. The number of rotatable bonds is 4. The summed E-state index contributed by atoms with van der Waals surface area (Å²) >= 11 is 0. The molecule has 5 nitrogen and oxygen atoms in total. The third-order valence-electron chi connectivity index (χ3n) is 4.08. The summed E-state index contributed by atoms with van der Waals surface area (Å²) in [4.78, 5) is 34.3. The fourth-order valence-electron chi connectivity index (χ4n) is 2.91. The van der Waals surface area contributed by atoms with Crippen molar-refractivity contribution in [3.05, 3.63) is 0 Å². The normalized spacial score (nSPS) is 24.9. The summed E-state index contributed by atoms with van der Waals surface area (Å²) in [5, 5.41) is 4.97. The fraction of sp³-hybridized carbons (Fsp3) is 0.786. The number of amides is 3. The Morgan fingerprint density at radius 1 is 1.16 bits per heavy atom. The molecule has 1 aliphatic carbocycles. The smallest absolute Gasteiger partial charge is 0.249 e. The number of hydrogen-bond acceptors (Lipinski definition) is 3. The highest BCUT2D eigenvalue weighted by Gasteiger charge is 2.27. The van der Waals surface area contributed by atoms with Crippen LogP contribution in [-0.4, -0.2) is 23.8 Å². The van der Waals surface area contributed by atoms with Crippen molar-refractivity contribution in [1.29, 1.82) is 0 Å². The summed E-state index contributed by atoms with van der Waals surface area (Å²) in [6, 6.07) is -0.531. The standard InChI is InChI=1S/C14H22N2O3/c17-12(8-6-10-4-2-1-3-5-10)15-11-7-9-13(18)16-14(11)19/h10-11H,1-9H2,(H,15,17)(H,16,18,19). The Labute approximate surface area is 113 Å². The van der Waals surface area contributed by atoms with E-state index in [-0.39, 0.29) is 17.7 Å². The summed E-state index contributed by atoms with van der Waals surface area (Å²) in [6.07, 6.45) is 8.45. The van der Waals surface area contributed by atoms with Gasteiger partial charge in [0.2, 0.25) is 17.7 Å². The van der Waals surface area contributed by atoms with Gasteiger partial charge in [0.05, 0.1) is 0 Å². The molecule has 2 fully saturated rings. The van der Waals surface area contributed by atoms with Gasteiger partial charge in [-0.25, -0.2) is 0 Å². The van der Waals surface area contributed by atoms with Gasteiger partial charge in [0.25, 0.3) is 0 Å². The average Bonchev–Trinajstić information content (AvgIpc) is 2.41. The Balaban J connectivity index is 1.68. The summed E-state index contributed by atoms with van der Waals surface area (Å²) in [5.74, 6) is -0.0266. The molecule has 0 bridgehead atoms. The second-order valence-electron chi connectivity index (χ2n) is 5.61. The summed E-state index contributed by atoms with van der Waals surface area (Å²) in [6.45, 7) is 0. The minimum absolute atomic E-state index is 0.0694. The van der Waals surface area contributed by atoms with Crippen LogP contribution < -0.4 is 10.6 Å². The van der Waals surface area contributed by atoms with Crippen LogP contribution in [0.3, 0.4) is 0 Å². The first-order chi connectivity index (χ1) is 9.15. The molecule has 2 rings (SSSR count). The lowest BCUT2D eigenvalue weighted by atomic mass is 9.86. The SMILES string of the molecule is O=C1CCC(NC(=O)CCC2CCCCC2)C(=O)N1. The minimum Gasteiger partial charge on any atom is -0.344 e. The van der Waals surface area contributed by atoms with Crippen LogP contribution in [0.25, 0.3) is 0 Å². The third kappa shape index (κ3) is 4.33. The number of carbonyl (C=O) groups excluding carboxylic acids is 3. The zero-order valence-electron chi connectivity index (χ0n) is 11.2. The molecule has 0 spiro atoms. The Morgan fingerprint density at radius 2 is 1.89 bits per heavy atom. The predicted octanol–water partition coefficient (Wildman–Crippen LogP) is 1.27. The van der Waals surface area contributed by atoms with Crippen molar-refractivity contribution >= 4 is 17.7 Å². The van der Waals surface area contributed by atoms with Crippen LogP contribution in [0.15, 0.2) is 0 Å². The zero-order valence-corrected chi connectivity index (χ0v) is 11.2. The van der Waals surface area contributed by atoms with Crippen molar-refractivity contribution < 1.29 is 14.4 Å². The highest BCUT2D eigenvalue weighted by Crippen LogP contribution is 2.27. The third-order valence-corrected chi connectivity index (χ3v) is 4.08. The molecule has 2 aliphatic rings. The summed E-state index contributed by atoms with van der Waals surface area (Å²) in [7, 11) is 0. The van der Waals surface area contributed by atoms with E-state index in [9.17, 15) is 14.4 Å². The number of piperidine rings is 1. The monoisotopic (exact) mass is 266 g/mol. The number of imide groups is 1. The predicted molar refractivity (Wildman–Crippen MR) is 70.1 cm³/mol. The van der Waals surface area contributed by atoms with Crippen LogP contribution in [0.4, 0.5) is 0 Å². The van der Waals surface area contributed by atoms with Crippen LogP contribution in [0, 0.1) is 5.92 Å². The molecular weight excluding hydrogens is 244 g/mol. The lowest BCUT2D eigenvalue weighted by Gasteiger charge is -2.23. The van der Waals surface area contributed by atoms with Gasteiger partial charge < -0.3 is 5.32 Å². The van der Waals surface area contributed by atoms with Crippen LogP contribution >= 0.6 is 0 Å². The molecule has 1 saturated heterocycles. The molecule has 3 amide bonds. The van der Waals surface area contributed by atoms with Gasteiger partial charge in [0.1, 0.15) is 6.04 Å². The van der Waals surface area contributed by atoms with Crippen LogP contribution in [0.2, 0.25) is 0 Å². The molecule has 1 atom stereocenters. The van der Waals surface area contributed by atoms with Gasteiger partial charge in [-0.2, -0.15) is 0 Å². The molecule has 106 valence electrons. The maximum atomic E-state index is 11.8. The average molecular weight is 266 g/mol. The summed E-state index contributed by atoms with van der Waals surface area (Å²) in [5.41, 5.74) is 0. The van der Waals surface area contributed by atoms with Gasteiger partial charge in [-0.1, -0.05) is 32.1 Å². The zero-order chi connectivity index (χ0) is 13.7. The molecule has 1 heterocycles. The second kappa shape index (κ2) is 6.68. The first-order valence-electron chi connectivity index (χ1n) is 7.28. The molecular formula is C14H22N2O3. The van der Waals surface area contributed by atoms with E-state index in [0.29, 0.717) is 25.2 Å². The largest absolute Gasteiger partial charge is 0.344 e. The van der Waals surface area contributed by atoms with Crippen LogP contribution in [0.5, 0.6) is 0 Å². The lowest BCUT2D eigenvalue weighted by Crippen LogP contribution is -2.52. The topological polar surface area (TPSA) is 75.3 Å². The van der Waals surface area contributed by atoms with Crippen molar-refractivity contribution in [3.63, 3.8) is 0 Å². The molecule has 0 radical (unpaired) electrons. The van der Waals surface area contributed by atoms with E-state index >= 15 is 0 Å². The molecule has 0 aromatic carbocycles. The lowest BCUT2D eigenvalue weighted by molar-refractivity contribution is -0.137.